The van der Waals surface area contributed by atoms with Gasteiger partial charge in [-0.15, -0.1) is 0 Å². The zero-order valence-corrected chi connectivity index (χ0v) is 10.3. The lowest BCUT2D eigenvalue weighted by Gasteiger charge is -1.97. The average Bonchev–Trinajstić information content (AvgIpc) is 2.26. The monoisotopic (exact) mass is 209 g/mol. The Morgan fingerprint density at radius 1 is 0.800 bits per heavy atom. The van der Waals surface area contributed by atoms with E-state index < -0.39 is 0 Å². The Hall–Kier alpha value is -0.560. The standard InChI is InChI=1S/C14H27N/c1-2-3-4-5-6-7-8-9-10-11-12-13-14-15/h9-12H,2-8,13-15H2,1H3. The molecule has 0 spiro atoms. The molecule has 2 N–H and O–H groups in total. The lowest BCUT2D eigenvalue weighted by Crippen LogP contribution is -1.94. The normalized spacial score (nSPS) is 11.9. The highest BCUT2D eigenvalue weighted by Crippen LogP contribution is 2.07. The molecule has 0 aromatic rings. The number of rotatable bonds is 10. The third-order valence-electron chi connectivity index (χ3n) is 2.44. The highest BCUT2D eigenvalue weighted by atomic mass is 14.5. The van der Waals surface area contributed by atoms with Crippen molar-refractivity contribution in [3.63, 3.8) is 0 Å². The molecule has 88 valence electrons. The van der Waals surface area contributed by atoms with Crippen molar-refractivity contribution < 1.29 is 0 Å². The van der Waals surface area contributed by atoms with Crippen LogP contribution in [0, 0.1) is 0 Å². The molecule has 0 aliphatic carbocycles. The quantitative estimate of drug-likeness (QED) is 0.423. The van der Waals surface area contributed by atoms with Crippen LogP contribution in [0.1, 0.15) is 58.3 Å². The van der Waals surface area contributed by atoms with E-state index in [1.165, 1.54) is 44.9 Å². The molecule has 1 nitrogen and oxygen atoms in total. The maximum absolute atomic E-state index is 5.37. The molecule has 0 bridgehead atoms. The minimum atomic E-state index is 0.752. The molecular formula is C14H27N. The van der Waals surface area contributed by atoms with Crippen molar-refractivity contribution in [2.75, 3.05) is 6.54 Å². The summed E-state index contributed by atoms with van der Waals surface area (Å²) < 4.78 is 0. The summed E-state index contributed by atoms with van der Waals surface area (Å²) in [5.41, 5.74) is 5.37. The van der Waals surface area contributed by atoms with Crippen molar-refractivity contribution in [3.05, 3.63) is 24.3 Å². The van der Waals surface area contributed by atoms with E-state index >= 15 is 0 Å². The number of hydrogen-bond donors (Lipinski definition) is 1. The van der Waals surface area contributed by atoms with Gasteiger partial charge >= 0.3 is 0 Å². The second-order valence-electron chi connectivity index (χ2n) is 3.99. The Bertz CT molecular complexity index is 159. The lowest BCUT2D eigenvalue weighted by molar-refractivity contribution is 0.611. The molecule has 0 radical (unpaired) electrons. The first-order chi connectivity index (χ1) is 7.41. The smallest absolute Gasteiger partial charge is 0.00425 e. The zero-order valence-electron chi connectivity index (χ0n) is 10.3. The van der Waals surface area contributed by atoms with E-state index in [0.717, 1.165) is 13.0 Å². The maximum atomic E-state index is 5.37. The number of allylic oxidation sites excluding steroid dienone is 3. The summed E-state index contributed by atoms with van der Waals surface area (Å²) in [6, 6.07) is 0. The maximum Gasteiger partial charge on any atom is -0.00425 e. The second kappa shape index (κ2) is 13.4. The van der Waals surface area contributed by atoms with E-state index in [1.54, 1.807) is 0 Å². The van der Waals surface area contributed by atoms with Gasteiger partial charge in [0, 0.05) is 0 Å². The molecule has 0 saturated heterocycles. The number of hydrogen-bond acceptors (Lipinski definition) is 1. The second-order valence-corrected chi connectivity index (χ2v) is 3.99. The van der Waals surface area contributed by atoms with Crippen molar-refractivity contribution >= 4 is 0 Å². The van der Waals surface area contributed by atoms with Crippen LogP contribution in [0.5, 0.6) is 0 Å². The molecule has 0 heterocycles. The predicted molar refractivity (Wildman–Crippen MR) is 69.9 cm³/mol. The van der Waals surface area contributed by atoms with Crippen molar-refractivity contribution in [3.8, 4) is 0 Å². The van der Waals surface area contributed by atoms with Gasteiger partial charge in [0.05, 0.1) is 0 Å². The van der Waals surface area contributed by atoms with Crippen LogP contribution in [0.15, 0.2) is 24.3 Å². The molecule has 0 unspecified atom stereocenters. The van der Waals surface area contributed by atoms with E-state index in [0.29, 0.717) is 0 Å². The Balaban J connectivity index is 3.09. The van der Waals surface area contributed by atoms with Crippen molar-refractivity contribution in [2.24, 2.45) is 5.73 Å². The lowest BCUT2D eigenvalue weighted by atomic mass is 10.1. The summed E-state index contributed by atoms with van der Waals surface area (Å²) in [6.45, 7) is 3.01. The Labute approximate surface area is 95.4 Å². The fourth-order valence-electron chi connectivity index (χ4n) is 1.49. The van der Waals surface area contributed by atoms with Gasteiger partial charge in [-0.1, -0.05) is 63.3 Å². The van der Waals surface area contributed by atoms with E-state index in [1.807, 2.05) is 0 Å². The molecule has 1 heteroatoms. The Morgan fingerprint density at radius 3 is 2.07 bits per heavy atom. The van der Waals surface area contributed by atoms with E-state index in [2.05, 4.69) is 31.2 Å². The van der Waals surface area contributed by atoms with E-state index in [4.69, 9.17) is 5.73 Å². The molecule has 0 rings (SSSR count). The minimum Gasteiger partial charge on any atom is -0.330 e. The summed E-state index contributed by atoms with van der Waals surface area (Å²) >= 11 is 0. The fourth-order valence-corrected chi connectivity index (χ4v) is 1.49. The molecule has 15 heavy (non-hydrogen) atoms. The molecule has 0 amide bonds. The largest absolute Gasteiger partial charge is 0.330 e. The van der Waals surface area contributed by atoms with Gasteiger partial charge < -0.3 is 5.73 Å². The highest BCUT2D eigenvalue weighted by molar-refractivity contribution is 5.02. The van der Waals surface area contributed by atoms with Crippen LogP contribution >= 0.6 is 0 Å². The van der Waals surface area contributed by atoms with Crippen LogP contribution in [0.3, 0.4) is 0 Å². The number of nitrogens with two attached hydrogens (primary N) is 1. The SMILES string of the molecule is CCCCCCCCC=CC=CCCN. The fraction of sp³-hybridized carbons (Fsp3) is 0.714. The van der Waals surface area contributed by atoms with Crippen molar-refractivity contribution in [2.45, 2.75) is 58.3 Å². The molecular weight excluding hydrogens is 182 g/mol. The first-order valence-electron chi connectivity index (χ1n) is 6.43. The van der Waals surface area contributed by atoms with Crippen LogP contribution in [-0.4, -0.2) is 6.54 Å². The summed E-state index contributed by atoms with van der Waals surface area (Å²) in [5.74, 6) is 0. The summed E-state index contributed by atoms with van der Waals surface area (Å²) in [7, 11) is 0. The molecule has 0 saturated carbocycles. The third kappa shape index (κ3) is 13.4. The van der Waals surface area contributed by atoms with Gasteiger partial charge in [-0.3, -0.25) is 0 Å². The van der Waals surface area contributed by atoms with Gasteiger partial charge in [0.25, 0.3) is 0 Å². The molecule has 0 aromatic heterocycles. The Kier molecular flexibility index (Phi) is 12.9. The van der Waals surface area contributed by atoms with Crippen molar-refractivity contribution in [1.82, 2.24) is 0 Å². The van der Waals surface area contributed by atoms with Gasteiger partial charge in [0.1, 0.15) is 0 Å². The van der Waals surface area contributed by atoms with Gasteiger partial charge in [-0.2, -0.15) is 0 Å². The summed E-state index contributed by atoms with van der Waals surface area (Å²) in [6.07, 6.45) is 19.1. The molecule has 0 atom stereocenters. The molecule has 0 aliphatic rings. The molecule has 0 aliphatic heterocycles. The Morgan fingerprint density at radius 2 is 1.40 bits per heavy atom. The van der Waals surface area contributed by atoms with E-state index in [9.17, 15) is 0 Å². The van der Waals surface area contributed by atoms with Gasteiger partial charge in [-0.25, -0.2) is 0 Å². The van der Waals surface area contributed by atoms with Crippen molar-refractivity contribution in [1.29, 1.82) is 0 Å². The first-order valence-corrected chi connectivity index (χ1v) is 6.43. The van der Waals surface area contributed by atoms with Crippen LogP contribution in [-0.2, 0) is 0 Å². The predicted octanol–water partition coefficient (Wildman–Crippen LogP) is 4.20. The topological polar surface area (TPSA) is 26.0 Å². The van der Waals surface area contributed by atoms with Crippen LogP contribution in [0.4, 0.5) is 0 Å². The van der Waals surface area contributed by atoms with Gasteiger partial charge in [-0.05, 0) is 25.8 Å². The summed E-state index contributed by atoms with van der Waals surface area (Å²) in [4.78, 5) is 0. The third-order valence-corrected chi connectivity index (χ3v) is 2.44. The summed E-state index contributed by atoms with van der Waals surface area (Å²) in [5, 5.41) is 0. The van der Waals surface area contributed by atoms with Gasteiger partial charge in [0.2, 0.25) is 0 Å². The average molecular weight is 209 g/mol. The van der Waals surface area contributed by atoms with Crippen LogP contribution < -0.4 is 5.73 Å². The zero-order chi connectivity index (χ0) is 11.2. The van der Waals surface area contributed by atoms with E-state index in [-0.39, 0.29) is 0 Å². The van der Waals surface area contributed by atoms with Crippen LogP contribution in [0.25, 0.3) is 0 Å². The highest BCUT2D eigenvalue weighted by Gasteiger charge is 1.87. The minimum absolute atomic E-state index is 0.752. The van der Waals surface area contributed by atoms with Gasteiger partial charge in [0.15, 0.2) is 0 Å². The molecule has 0 fully saturated rings. The first kappa shape index (κ1) is 14.4. The van der Waals surface area contributed by atoms with Crippen LogP contribution in [0.2, 0.25) is 0 Å². The number of unbranched alkanes of at least 4 members (excludes halogenated alkanes) is 6. The molecule has 0 aromatic carbocycles.